The fraction of sp³-hybridized carbons (Fsp3) is 0.294. The highest BCUT2D eigenvalue weighted by Crippen LogP contribution is 2.25. The largest absolute Gasteiger partial charge is 0.491 e. The molecule has 1 aliphatic rings. The van der Waals surface area contributed by atoms with Gasteiger partial charge in [0.25, 0.3) is 5.91 Å². The number of aliphatic hydroxyl groups is 1. The third kappa shape index (κ3) is 2.94. The Morgan fingerprint density at radius 3 is 3.05 bits per heavy atom. The zero-order valence-electron chi connectivity index (χ0n) is 12.4. The summed E-state index contributed by atoms with van der Waals surface area (Å²) in [6.07, 6.45) is 1.93. The van der Waals surface area contributed by atoms with E-state index >= 15 is 0 Å². The first-order chi connectivity index (χ1) is 10.6. The molecular weight excluding hydrogens is 280 g/mol. The molecule has 1 amide bonds. The van der Waals surface area contributed by atoms with Crippen LogP contribution in [-0.4, -0.2) is 34.0 Å². The molecule has 0 bridgehead atoms. The maximum atomic E-state index is 12.5. The number of rotatable bonds is 2. The highest BCUT2D eigenvalue weighted by molar-refractivity contribution is 5.82. The quantitative estimate of drug-likeness (QED) is 0.919. The van der Waals surface area contributed by atoms with E-state index in [9.17, 15) is 9.90 Å². The number of pyridine rings is 1. The van der Waals surface area contributed by atoms with Gasteiger partial charge in [-0.2, -0.15) is 0 Å². The molecule has 2 aromatic rings. The molecule has 0 spiro atoms. The zero-order valence-corrected chi connectivity index (χ0v) is 12.4. The minimum atomic E-state index is -1.19. The summed E-state index contributed by atoms with van der Waals surface area (Å²) in [7, 11) is 0. The molecule has 3 rings (SSSR count). The molecule has 1 aromatic carbocycles. The van der Waals surface area contributed by atoms with E-state index in [1.807, 2.05) is 25.1 Å². The van der Waals surface area contributed by atoms with Crippen LogP contribution < -0.4 is 4.74 Å². The fourth-order valence-electron chi connectivity index (χ4n) is 2.56. The van der Waals surface area contributed by atoms with Crippen molar-refractivity contribution >= 4 is 5.91 Å². The summed E-state index contributed by atoms with van der Waals surface area (Å²) in [5.41, 5.74) is 2.58. The number of hydrogen-bond acceptors (Lipinski definition) is 4. The van der Waals surface area contributed by atoms with E-state index in [0.29, 0.717) is 25.3 Å². The first-order valence-electron chi connectivity index (χ1n) is 7.24. The number of fused-ring (bicyclic) bond motifs is 1. The summed E-state index contributed by atoms with van der Waals surface area (Å²) >= 11 is 0. The summed E-state index contributed by atoms with van der Waals surface area (Å²) < 4.78 is 5.68. The molecule has 0 aliphatic carbocycles. The van der Waals surface area contributed by atoms with Gasteiger partial charge in [-0.25, -0.2) is 0 Å². The van der Waals surface area contributed by atoms with E-state index in [2.05, 4.69) is 4.98 Å². The Bertz CT molecular complexity index is 673. The first-order valence-corrected chi connectivity index (χ1v) is 7.24. The molecule has 0 radical (unpaired) electrons. The molecule has 5 heteroatoms. The molecule has 114 valence electrons. The molecule has 5 nitrogen and oxygen atoms in total. The van der Waals surface area contributed by atoms with Gasteiger partial charge >= 0.3 is 0 Å². The Morgan fingerprint density at radius 2 is 2.27 bits per heavy atom. The third-order valence-corrected chi connectivity index (χ3v) is 3.74. The van der Waals surface area contributed by atoms with Crippen LogP contribution in [0, 0.1) is 6.92 Å². The third-order valence-electron chi connectivity index (χ3n) is 3.74. The van der Waals surface area contributed by atoms with Crippen LogP contribution in [0.5, 0.6) is 5.75 Å². The predicted molar refractivity (Wildman–Crippen MR) is 81.3 cm³/mol. The highest BCUT2D eigenvalue weighted by atomic mass is 16.5. The normalized spacial score (nSPS) is 15.5. The van der Waals surface area contributed by atoms with Crippen LogP contribution in [0.3, 0.4) is 0 Å². The number of carbonyl (C=O) groups excluding carboxylic acids is 1. The fourth-order valence-corrected chi connectivity index (χ4v) is 2.56. The molecule has 0 fully saturated rings. The molecule has 0 saturated heterocycles. The van der Waals surface area contributed by atoms with Crippen molar-refractivity contribution in [2.75, 3.05) is 13.2 Å². The first kappa shape index (κ1) is 14.5. The molecular formula is C17H18N2O3. The van der Waals surface area contributed by atoms with Crippen molar-refractivity contribution in [2.45, 2.75) is 19.6 Å². The average molecular weight is 298 g/mol. The molecule has 1 N–H and O–H groups in total. The summed E-state index contributed by atoms with van der Waals surface area (Å²) in [6, 6.07) is 9.33. The van der Waals surface area contributed by atoms with Crippen LogP contribution in [-0.2, 0) is 11.3 Å². The molecule has 0 saturated carbocycles. The number of ether oxygens (including phenoxy) is 1. The minimum Gasteiger partial charge on any atom is -0.491 e. The number of aromatic nitrogens is 1. The summed E-state index contributed by atoms with van der Waals surface area (Å²) in [5.74, 6) is 0.475. The highest BCUT2D eigenvalue weighted by Gasteiger charge is 2.26. The van der Waals surface area contributed by atoms with Crippen LogP contribution in [0.4, 0.5) is 0 Å². The van der Waals surface area contributed by atoms with Gasteiger partial charge in [0.1, 0.15) is 12.4 Å². The standard InChI is InChI=1S/C17H18N2O3/c1-12-4-5-15-14(9-12)11-19(7-8-22-15)17(21)16(20)13-3-2-6-18-10-13/h2-6,9-10,16,20H,7-8,11H2,1H3. The number of benzene rings is 1. The monoisotopic (exact) mass is 298 g/mol. The van der Waals surface area contributed by atoms with Crippen molar-refractivity contribution in [1.29, 1.82) is 0 Å². The topological polar surface area (TPSA) is 62.7 Å². The summed E-state index contributed by atoms with van der Waals surface area (Å²) in [6.45, 7) is 3.31. The number of amides is 1. The van der Waals surface area contributed by atoms with Crippen molar-refractivity contribution in [2.24, 2.45) is 0 Å². The van der Waals surface area contributed by atoms with Gasteiger partial charge in [-0.05, 0) is 19.1 Å². The van der Waals surface area contributed by atoms with Crippen molar-refractivity contribution in [3.8, 4) is 5.75 Å². The smallest absolute Gasteiger partial charge is 0.256 e. The average Bonchev–Trinajstić information content (AvgIpc) is 2.76. The van der Waals surface area contributed by atoms with E-state index in [1.165, 1.54) is 6.20 Å². The zero-order chi connectivity index (χ0) is 15.5. The molecule has 22 heavy (non-hydrogen) atoms. The van der Waals surface area contributed by atoms with E-state index in [1.54, 1.807) is 23.2 Å². The number of aryl methyl sites for hydroxylation is 1. The molecule has 1 aromatic heterocycles. The van der Waals surface area contributed by atoms with Crippen LogP contribution in [0.25, 0.3) is 0 Å². The molecule has 2 heterocycles. The molecule has 1 aliphatic heterocycles. The maximum absolute atomic E-state index is 12.5. The number of aliphatic hydroxyl groups excluding tert-OH is 1. The van der Waals surface area contributed by atoms with E-state index in [4.69, 9.17) is 4.74 Å². The summed E-state index contributed by atoms with van der Waals surface area (Å²) in [4.78, 5) is 18.1. The minimum absolute atomic E-state index is 0.328. The Hall–Kier alpha value is -2.40. The lowest BCUT2D eigenvalue weighted by Gasteiger charge is -2.23. The Kier molecular flexibility index (Phi) is 4.06. The van der Waals surface area contributed by atoms with Crippen molar-refractivity contribution in [1.82, 2.24) is 9.88 Å². The Labute approximate surface area is 129 Å². The lowest BCUT2D eigenvalue weighted by atomic mass is 10.1. The molecule has 1 atom stereocenters. The van der Waals surface area contributed by atoms with Crippen LogP contribution >= 0.6 is 0 Å². The Balaban J connectivity index is 1.81. The Morgan fingerprint density at radius 1 is 1.41 bits per heavy atom. The van der Waals surface area contributed by atoms with Gasteiger partial charge in [0, 0.05) is 30.1 Å². The second-order valence-electron chi connectivity index (χ2n) is 5.41. The predicted octanol–water partition coefficient (Wildman–Crippen LogP) is 1.84. The van der Waals surface area contributed by atoms with Gasteiger partial charge in [0.05, 0.1) is 6.54 Å². The van der Waals surface area contributed by atoms with Crippen molar-refractivity contribution in [3.63, 3.8) is 0 Å². The number of nitrogens with zero attached hydrogens (tertiary/aromatic N) is 2. The maximum Gasteiger partial charge on any atom is 0.256 e. The van der Waals surface area contributed by atoms with E-state index in [-0.39, 0.29) is 5.91 Å². The SMILES string of the molecule is Cc1ccc2c(c1)CN(C(=O)C(O)c1cccnc1)CCO2. The van der Waals surface area contributed by atoms with E-state index in [0.717, 1.165) is 16.9 Å². The van der Waals surface area contributed by atoms with Gasteiger partial charge in [-0.3, -0.25) is 9.78 Å². The van der Waals surface area contributed by atoms with Gasteiger partial charge in [0.2, 0.25) is 0 Å². The van der Waals surface area contributed by atoms with Gasteiger partial charge < -0.3 is 14.7 Å². The number of hydrogen-bond donors (Lipinski definition) is 1. The number of carbonyl (C=O) groups is 1. The van der Waals surface area contributed by atoms with Gasteiger partial charge in [-0.15, -0.1) is 0 Å². The van der Waals surface area contributed by atoms with Crippen molar-refractivity contribution < 1.29 is 14.6 Å². The van der Waals surface area contributed by atoms with Crippen LogP contribution in [0.2, 0.25) is 0 Å². The lowest BCUT2D eigenvalue weighted by Crippen LogP contribution is -2.36. The van der Waals surface area contributed by atoms with Gasteiger partial charge in [-0.1, -0.05) is 23.8 Å². The second kappa shape index (κ2) is 6.15. The van der Waals surface area contributed by atoms with Gasteiger partial charge in [0.15, 0.2) is 6.10 Å². The molecule has 1 unspecified atom stereocenters. The lowest BCUT2D eigenvalue weighted by molar-refractivity contribution is -0.141. The van der Waals surface area contributed by atoms with Crippen LogP contribution in [0.1, 0.15) is 22.8 Å². The van der Waals surface area contributed by atoms with Crippen LogP contribution in [0.15, 0.2) is 42.7 Å². The van der Waals surface area contributed by atoms with E-state index < -0.39 is 6.10 Å². The second-order valence-corrected chi connectivity index (χ2v) is 5.41. The van der Waals surface area contributed by atoms with Crippen molar-refractivity contribution in [3.05, 3.63) is 59.4 Å². The summed E-state index contributed by atoms with van der Waals surface area (Å²) in [5, 5.41) is 10.3.